The van der Waals surface area contributed by atoms with Crippen LogP contribution >= 0.6 is 27.5 Å². The van der Waals surface area contributed by atoms with Crippen LogP contribution in [0.5, 0.6) is 5.75 Å². The fourth-order valence-corrected chi connectivity index (χ4v) is 2.21. The van der Waals surface area contributed by atoms with Gasteiger partial charge in [-0.3, -0.25) is 4.79 Å². The van der Waals surface area contributed by atoms with E-state index in [4.69, 9.17) is 16.3 Å². The van der Waals surface area contributed by atoms with E-state index in [0.29, 0.717) is 32.7 Å². The lowest BCUT2D eigenvalue weighted by Crippen LogP contribution is -2.01. The van der Waals surface area contributed by atoms with Gasteiger partial charge in [-0.25, -0.2) is 4.39 Å². The van der Waals surface area contributed by atoms with Crippen LogP contribution in [-0.4, -0.2) is 6.29 Å². The number of halogens is 3. The first-order chi connectivity index (χ1) is 9.11. The van der Waals surface area contributed by atoms with Crippen molar-refractivity contribution < 1.29 is 13.9 Å². The zero-order valence-corrected chi connectivity index (χ0v) is 12.0. The van der Waals surface area contributed by atoms with Crippen LogP contribution in [0.3, 0.4) is 0 Å². The van der Waals surface area contributed by atoms with Gasteiger partial charge in [0.05, 0.1) is 10.0 Å². The maximum absolute atomic E-state index is 13.6. The van der Waals surface area contributed by atoms with Crippen molar-refractivity contribution in [2.45, 2.75) is 6.61 Å². The van der Waals surface area contributed by atoms with Crippen molar-refractivity contribution in [1.29, 1.82) is 0 Å². The Morgan fingerprint density at radius 3 is 2.79 bits per heavy atom. The summed E-state index contributed by atoms with van der Waals surface area (Å²) >= 11 is 8.97. The van der Waals surface area contributed by atoms with E-state index in [1.807, 2.05) is 0 Å². The van der Waals surface area contributed by atoms with Gasteiger partial charge in [0.25, 0.3) is 0 Å². The van der Waals surface area contributed by atoms with Crippen LogP contribution in [0, 0.1) is 5.82 Å². The van der Waals surface area contributed by atoms with Crippen molar-refractivity contribution in [3.05, 3.63) is 62.8 Å². The first-order valence-electron chi connectivity index (χ1n) is 5.42. The fourth-order valence-electron chi connectivity index (χ4n) is 1.56. The number of aldehydes is 1. The monoisotopic (exact) mass is 342 g/mol. The second-order valence-corrected chi connectivity index (χ2v) is 5.09. The van der Waals surface area contributed by atoms with Crippen LogP contribution in [0.1, 0.15) is 15.9 Å². The zero-order valence-electron chi connectivity index (χ0n) is 9.70. The van der Waals surface area contributed by atoms with E-state index in [1.165, 1.54) is 6.07 Å². The molecule has 0 spiro atoms. The maximum atomic E-state index is 13.6. The number of carbonyl (C=O) groups is 1. The molecule has 0 bridgehead atoms. The number of ether oxygens (including phenoxy) is 1. The van der Waals surface area contributed by atoms with Gasteiger partial charge in [-0.1, -0.05) is 23.7 Å². The predicted molar refractivity (Wildman–Crippen MR) is 75.3 cm³/mol. The highest BCUT2D eigenvalue weighted by atomic mass is 79.9. The first-order valence-corrected chi connectivity index (χ1v) is 6.59. The van der Waals surface area contributed by atoms with Gasteiger partial charge in [0.2, 0.25) is 0 Å². The summed E-state index contributed by atoms with van der Waals surface area (Å²) in [4.78, 5) is 10.9. The zero-order chi connectivity index (χ0) is 13.8. The SMILES string of the molecule is O=Cc1cccc(Br)c1OCc1ccc(Cl)cc1F. The Hall–Kier alpha value is -1.39. The van der Waals surface area contributed by atoms with Crippen LogP contribution in [0.15, 0.2) is 40.9 Å². The van der Waals surface area contributed by atoms with Gasteiger partial charge < -0.3 is 4.74 Å². The van der Waals surface area contributed by atoms with Gasteiger partial charge >= 0.3 is 0 Å². The average Bonchev–Trinajstić information content (AvgIpc) is 2.39. The molecule has 0 saturated carbocycles. The molecule has 0 fully saturated rings. The van der Waals surface area contributed by atoms with E-state index < -0.39 is 5.82 Å². The minimum atomic E-state index is -0.438. The molecule has 0 N–H and O–H groups in total. The fraction of sp³-hybridized carbons (Fsp3) is 0.0714. The second kappa shape index (κ2) is 6.17. The maximum Gasteiger partial charge on any atom is 0.153 e. The van der Waals surface area contributed by atoms with Crippen molar-refractivity contribution in [3.63, 3.8) is 0 Å². The topological polar surface area (TPSA) is 26.3 Å². The Balaban J connectivity index is 2.21. The minimum absolute atomic E-state index is 0.0203. The summed E-state index contributed by atoms with van der Waals surface area (Å²) in [6.45, 7) is 0.0203. The third-order valence-electron chi connectivity index (χ3n) is 2.51. The average molecular weight is 344 g/mol. The van der Waals surface area contributed by atoms with Crippen LogP contribution in [0.2, 0.25) is 5.02 Å². The molecule has 2 aromatic carbocycles. The van der Waals surface area contributed by atoms with Crippen molar-refractivity contribution >= 4 is 33.8 Å². The predicted octanol–water partition coefficient (Wildman–Crippen LogP) is 4.63. The van der Waals surface area contributed by atoms with Crippen molar-refractivity contribution in [1.82, 2.24) is 0 Å². The number of hydrogen-bond acceptors (Lipinski definition) is 2. The third-order valence-corrected chi connectivity index (χ3v) is 3.37. The summed E-state index contributed by atoms with van der Waals surface area (Å²) in [6.07, 6.45) is 0.693. The summed E-state index contributed by atoms with van der Waals surface area (Å²) in [7, 11) is 0. The Bertz CT molecular complexity index is 616. The number of para-hydroxylation sites is 1. The molecule has 0 unspecified atom stereocenters. The lowest BCUT2D eigenvalue weighted by molar-refractivity contribution is 0.111. The molecule has 2 aromatic rings. The van der Waals surface area contributed by atoms with E-state index in [-0.39, 0.29) is 6.61 Å². The summed E-state index contributed by atoms with van der Waals surface area (Å²) in [5.41, 5.74) is 0.778. The van der Waals surface area contributed by atoms with Crippen LogP contribution in [-0.2, 0) is 6.61 Å². The molecule has 2 rings (SSSR count). The Kier molecular flexibility index (Phi) is 4.56. The molecule has 2 nitrogen and oxygen atoms in total. The summed E-state index contributed by atoms with van der Waals surface area (Å²) in [6, 6.07) is 9.47. The van der Waals surface area contributed by atoms with Gasteiger partial charge in [0.15, 0.2) is 6.29 Å². The number of carbonyl (C=O) groups excluding carboxylic acids is 1. The minimum Gasteiger partial charge on any atom is -0.487 e. The Morgan fingerprint density at radius 2 is 2.11 bits per heavy atom. The molecular weight excluding hydrogens is 335 g/mol. The first kappa shape index (κ1) is 14.0. The van der Waals surface area contributed by atoms with Crippen molar-refractivity contribution in [2.75, 3.05) is 0 Å². The molecule has 0 amide bonds. The Labute approximate surface area is 123 Å². The molecule has 0 aliphatic carbocycles. The molecule has 0 aliphatic heterocycles. The summed E-state index contributed by atoms with van der Waals surface area (Å²) < 4.78 is 19.7. The van der Waals surface area contributed by atoms with Crippen LogP contribution < -0.4 is 4.74 Å². The van der Waals surface area contributed by atoms with Gasteiger partial charge in [0.1, 0.15) is 18.2 Å². The third kappa shape index (κ3) is 3.33. The van der Waals surface area contributed by atoms with E-state index in [2.05, 4.69) is 15.9 Å². The molecule has 98 valence electrons. The number of hydrogen-bond donors (Lipinski definition) is 0. The number of benzene rings is 2. The molecular formula is C14H9BrClFO2. The largest absolute Gasteiger partial charge is 0.487 e. The van der Waals surface area contributed by atoms with E-state index >= 15 is 0 Å². The molecule has 5 heteroatoms. The molecule has 0 radical (unpaired) electrons. The van der Waals surface area contributed by atoms with Crippen molar-refractivity contribution in [3.8, 4) is 5.75 Å². The lowest BCUT2D eigenvalue weighted by atomic mass is 10.2. The van der Waals surface area contributed by atoms with Gasteiger partial charge in [-0.05, 0) is 40.2 Å². The van der Waals surface area contributed by atoms with Crippen molar-refractivity contribution in [2.24, 2.45) is 0 Å². The normalized spacial score (nSPS) is 10.3. The standard InChI is InChI=1S/C14H9BrClFO2/c15-12-3-1-2-9(7-18)14(12)19-8-10-4-5-11(16)6-13(10)17/h1-7H,8H2. The highest BCUT2D eigenvalue weighted by molar-refractivity contribution is 9.10. The second-order valence-electron chi connectivity index (χ2n) is 3.80. The smallest absolute Gasteiger partial charge is 0.153 e. The number of rotatable bonds is 4. The highest BCUT2D eigenvalue weighted by Gasteiger charge is 2.09. The van der Waals surface area contributed by atoms with Gasteiger partial charge in [-0.2, -0.15) is 0 Å². The molecule has 0 aliphatic rings. The molecule has 0 saturated heterocycles. The summed E-state index contributed by atoms with van der Waals surface area (Å²) in [5.74, 6) is -0.0425. The van der Waals surface area contributed by atoms with Crippen LogP contribution in [0.25, 0.3) is 0 Å². The Morgan fingerprint density at radius 1 is 1.32 bits per heavy atom. The van der Waals surface area contributed by atoms with Gasteiger partial charge in [0, 0.05) is 10.6 Å². The quantitative estimate of drug-likeness (QED) is 0.756. The highest BCUT2D eigenvalue weighted by Crippen LogP contribution is 2.29. The van der Waals surface area contributed by atoms with E-state index in [9.17, 15) is 9.18 Å². The van der Waals surface area contributed by atoms with Gasteiger partial charge in [-0.15, -0.1) is 0 Å². The molecule has 0 aromatic heterocycles. The van der Waals surface area contributed by atoms with E-state index in [1.54, 1.807) is 30.3 Å². The lowest BCUT2D eigenvalue weighted by Gasteiger charge is -2.11. The van der Waals surface area contributed by atoms with Crippen LogP contribution in [0.4, 0.5) is 4.39 Å². The van der Waals surface area contributed by atoms with E-state index in [0.717, 1.165) is 0 Å². The molecule has 19 heavy (non-hydrogen) atoms. The summed E-state index contributed by atoms with van der Waals surface area (Å²) in [5, 5.41) is 0.329. The molecule has 0 atom stereocenters. The molecule has 0 heterocycles.